The van der Waals surface area contributed by atoms with Crippen molar-refractivity contribution < 1.29 is 9.64 Å². The fraction of sp³-hybridized carbons (Fsp3) is 0.263. The van der Waals surface area contributed by atoms with Gasteiger partial charge in [0.2, 0.25) is 11.8 Å². The Morgan fingerprint density at radius 1 is 0.958 bits per heavy atom. The fourth-order valence-corrected chi connectivity index (χ4v) is 3.02. The first-order valence-electron chi connectivity index (χ1n) is 8.33. The van der Waals surface area contributed by atoms with Crippen LogP contribution in [0.4, 0.5) is 17.5 Å². The summed E-state index contributed by atoms with van der Waals surface area (Å²) in [4.78, 5) is 10.9. The maximum atomic E-state index is 5.49. The van der Waals surface area contributed by atoms with Crippen molar-refractivity contribution in [2.24, 2.45) is 0 Å². The normalized spacial score (nSPS) is 15.5. The lowest BCUT2D eigenvalue weighted by Crippen LogP contribution is -3.09. The summed E-state index contributed by atoms with van der Waals surface area (Å²) in [6.45, 7) is 5.49. The van der Waals surface area contributed by atoms with Gasteiger partial charge in [0.1, 0.15) is 13.1 Å². The lowest BCUT2D eigenvalue weighted by Gasteiger charge is -2.23. The zero-order valence-electron chi connectivity index (χ0n) is 13.7. The molecule has 1 aliphatic rings. The van der Waals surface area contributed by atoms with E-state index < -0.39 is 0 Å². The minimum Gasteiger partial charge on any atom is -0.370 e. The highest BCUT2D eigenvalue weighted by molar-refractivity contribution is 5.87. The number of hydrogen-bond donors (Lipinski definition) is 2. The molecule has 2 aromatic carbocycles. The first-order chi connectivity index (χ1) is 11.8. The quantitative estimate of drug-likeness (QED) is 0.777. The van der Waals surface area contributed by atoms with Crippen molar-refractivity contribution >= 4 is 28.4 Å². The van der Waals surface area contributed by atoms with Crippen LogP contribution in [0.25, 0.3) is 10.9 Å². The van der Waals surface area contributed by atoms with Gasteiger partial charge in [0.05, 0.1) is 24.1 Å². The molecule has 1 aliphatic heterocycles. The number of benzene rings is 2. The Morgan fingerprint density at radius 2 is 1.71 bits per heavy atom. The van der Waals surface area contributed by atoms with Crippen molar-refractivity contribution in [3.8, 4) is 0 Å². The number of aryl methyl sites for hydroxylation is 1. The Hall–Kier alpha value is -2.50. The molecule has 1 saturated heterocycles. The third-order valence-corrected chi connectivity index (χ3v) is 4.34. The number of aromatic nitrogens is 2. The monoisotopic (exact) mass is 321 g/mol. The second-order valence-corrected chi connectivity index (χ2v) is 6.12. The first-order valence-corrected chi connectivity index (χ1v) is 8.33. The Labute approximate surface area is 141 Å². The molecule has 0 amide bonds. The highest BCUT2D eigenvalue weighted by Gasteiger charge is 2.22. The Bertz CT molecular complexity index is 842. The van der Waals surface area contributed by atoms with E-state index in [4.69, 9.17) is 9.72 Å². The number of quaternary nitrogens is 1. The van der Waals surface area contributed by atoms with Gasteiger partial charge in [0.15, 0.2) is 0 Å². The lowest BCUT2D eigenvalue weighted by molar-refractivity contribution is -0.843. The van der Waals surface area contributed by atoms with E-state index in [-0.39, 0.29) is 0 Å². The van der Waals surface area contributed by atoms with Crippen molar-refractivity contribution in [1.82, 2.24) is 9.97 Å². The van der Waals surface area contributed by atoms with E-state index in [1.54, 1.807) is 0 Å². The summed E-state index contributed by atoms with van der Waals surface area (Å²) >= 11 is 0. The number of rotatable bonds is 3. The minimum atomic E-state index is 0.645. The molecule has 0 aliphatic carbocycles. The van der Waals surface area contributed by atoms with Gasteiger partial charge in [-0.3, -0.25) is 4.90 Å². The van der Waals surface area contributed by atoms with Crippen LogP contribution in [0.2, 0.25) is 0 Å². The third kappa shape index (κ3) is 3.09. The van der Waals surface area contributed by atoms with Crippen LogP contribution in [0.1, 0.15) is 5.56 Å². The van der Waals surface area contributed by atoms with Crippen LogP contribution in [0.5, 0.6) is 0 Å². The highest BCUT2D eigenvalue weighted by atomic mass is 16.5. The molecule has 3 aromatic rings. The molecule has 1 fully saturated rings. The van der Waals surface area contributed by atoms with Crippen LogP contribution >= 0.6 is 0 Å². The molecular weight excluding hydrogens is 300 g/mol. The van der Waals surface area contributed by atoms with Crippen molar-refractivity contribution in [2.75, 3.05) is 31.6 Å². The van der Waals surface area contributed by atoms with Gasteiger partial charge in [-0.15, -0.1) is 0 Å². The molecule has 0 spiro atoms. The van der Waals surface area contributed by atoms with Crippen LogP contribution in [0.15, 0.2) is 48.5 Å². The number of fused-ring (bicyclic) bond motifs is 1. The summed E-state index contributed by atoms with van der Waals surface area (Å²) in [6, 6.07) is 16.5. The Morgan fingerprint density at radius 3 is 2.50 bits per heavy atom. The molecule has 24 heavy (non-hydrogen) atoms. The molecule has 5 heteroatoms. The summed E-state index contributed by atoms with van der Waals surface area (Å²) in [5.41, 5.74) is 3.20. The molecule has 0 radical (unpaired) electrons. The number of anilines is 2. The molecule has 122 valence electrons. The number of ether oxygens (including phenoxy) is 1. The Kier molecular flexibility index (Phi) is 4.11. The minimum absolute atomic E-state index is 0.645. The second-order valence-electron chi connectivity index (χ2n) is 6.12. The number of nitrogens with one attached hydrogen (secondary N) is 2. The standard InChI is InChI=1S/C19H20N4O/c1-14-6-8-15(9-7-14)20-19-21-17-5-3-2-4-16(17)18(22-19)23-10-12-24-13-11-23/h2-9H,10-13H2,1H3,(H,20,21,22)/p+1. The van der Waals surface area contributed by atoms with Gasteiger partial charge in [-0.2, -0.15) is 4.98 Å². The second kappa shape index (κ2) is 6.55. The molecule has 0 bridgehead atoms. The van der Waals surface area contributed by atoms with Crippen LogP contribution in [0, 0.1) is 6.92 Å². The van der Waals surface area contributed by atoms with E-state index in [0.29, 0.717) is 5.95 Å². The third-order valence-electron chi connectivity index (χ3n) is 4.34. The molecule has 2 heterocycles. The number of hydrogen-bond acceptors (Lipinski definition) is 4. The zero-order chi connectivity index (χ0) is 16.4. The first kappa shape index (κ1) is 15.1. The summed E-state index contributed by atoms with van der Waals surface area (Å²) in [5.74, 6) is 1.70. The van der Waals surface area contributed by atoms with Gasteiger partial charge in [0.25, 0.3) is 0 Å². The molecule has 0 atom stereocenters. The van der Waals surface area contributed by atoms with Gasteiger partial charge < -0.3 is 10.1 Å². The van der Waals surface area contributed by atoms with Gasteiger partial charge in [0, 0.05) is 5.69 Å². The topological polar surface area (TPSA) is 51.5 Å². The summed E-state index contributed by atoms with van der Waals surface area (Å²) in [5, 5.41) is 4.45. The molecule has 5 nitrogen and oxygen atoms in total. The lowest BCUT2D eigenvalue weighted by atomic mass is 10.2. The number of nitrogens with zero attached hydrogens (tertiary/aromatic N) is 2. The average molecular weight is 321 g/mol. The van der Waals surface area contributed by atoms with Crippen molar-refractivity contribution in [1.29, 1.82) is 0 Å². The number of para-hydroxylation sites is 1. The molecule has 2 N–H and O–H groups in total. The fourth-order valence-electron chi connectivity index (χ4n) is 3.02. The number of morpholine rings is 1. The predicted octanol–water partition coefficient (Wildman–Crippen LogP) is 2.23. The largest absolute Gasteiger partial charge is 0.370 e. The van der Waals surface area contributed by atoms with Crippen LogP contribution in [-0.4, -0.2) is 36.3 Å². The summed E-state index contributed by atoms with van der Waals surface area (Å²) in [6.07, 6.45) is 0. The summed E-state index contributed by atoms with van der Waals surface area (Å²) < 4.78 is 5.49. The maximum absolute atomic E-state index is 5.49. The van der Waals surface area contributed by atoms with Crippen LogP contribution in [0.3, 0.4) is 0 Å². The van der Waals surface area contributed by atoms with E-state index in [1.807, 2.05) is 18.2 Å². The molecule has 0 unspecified atom stereocenters. The van der Waals surface area contributed by atoms with Crippen molar-refractivity contribution in [2.45, 2.75) is 6.92 Å². The molecular formula is C19H21N4O+. The average Bonchev–Trinajstić information content (AvgIpc) is 2.64. The van der Waals surface area contributed by atoms with Crippen molar-refractivity contribution in [3.05, 3.63) is 54.1 Å². The zero-order valence-corrected chi connectivity index (χ0v) is 13.7. The Balaban J connectivity index is 1.74. The van der Waals surface area contributed by atoms with E-state index in [2.05, 4.69) is 47.6 Å². The molecule has 4 rings (SSSR count). The van der Waals surface area contributed by atoms with E-state index in [0.717, 1.165) is 48.7 Å². The van der Waals surface area contributed by atoms with E-state index in [9.17, 15) is 0 Å². The highest BCUT2D eigenvalue weighted by Crippen LogP contribution is 2.21. The smallest absolute Gasteiger partial charge is 0.238 e. The predicted molar refractivity (Wildman–Crippen MR) is 95.2 cm³/mol. The SMILES string of the molecule is Cc1ccc(Nc2nc([NH+]3CCOCC3)c3ccccc3n2)cc1. The molecule has 0 saturated carbocycles. The van der Waals surface area contributed by atoms with E-state index in [1.165, 1.54) is 10.5 Å². The van der Waals surface area contributed by atoms with Gasteiger partial charge in [-0.25, -0.2) is 4.98 Å². The van der Waals surface area contributed by atoms with Gasteiger partial charge >= 0.3 is 0 Å². The summed E-state index contributed by atoms with van der Waals surface area (Å²) in [7, 11) is 0. The molecule has 1 aromatic heterocycles. The van der Waals surface area contributed by atoms with Crippen LogP contribution < -0.4 is 10.2 Å². The van der Waals surface area contributed by atoms with Gasteiger partial charge in [-0.1, -0.05) is 29.8 Å². The van der Waals surface area contributed by atoms with Gasteiger partial charge in [-0.05, 0) is 31.2 Å². The van der Waals surface area contributed by atoms with Crippen LogP contribution in [-0.2, 0) is 4.74 Å². The van der Waals surface area contributed by atoms with E-state index >= 15 is 0 Å². The maximum Gasteiger partial charge on any atom is 0.238 e. The van der Waals surface area contributed by atoms with Crippen molar-refractivity contribution in [3.63, 3.8) is 0 Å².